The van der Waals surface area contributed by atoms with Gasteiger partial charge in [0.15, 0.2) is 5.01 Å². The van der Waals surface area contributed by atoms with Crippen LogP contribution in [0.3, 0.4) is 0 Å². The first-order chi connectivity index (χ1) is 10.2. The molecule has 6 nitrogen and oxygen atoms in total. The van der Waals surface area contributed by atoms with Crippen molar-refractivity contribution in [2.45, 2.75) is 13.8 Å². The topological polar surface area (TPSA) is 71.9 Å². The number of para-hydroxylation sites is 1. The largest absolute Gasteiger partial charge is 0.278 e. The van der Waals surface area contributed by atoms with Crippen molar-refractivity contribution in [2.24, 2.45) is 0 Å². The van der Waals surface area contributed by atoms with E-state index in [4.69, 9.17) is 0 Å². The highest BCUT2D eigenvalue weighted by Gasteiger charge is 2.18. The maximum absolute atomic E-state index is 11.5. The van der Waals surface area contributed by atoms with Crippen molar-refractivity contribution < 1.29 is 4.79 Å². The Balaban J connectivity index is 2.00. The van der Waals surface area contributed by atoms with Gasteiger partial charge < -0.3 is 0 Å². The van der Waals surface area contributed by atoms with Crippen molar-refractivity contribution in [1.29, 1.82) is 0 Å². The number of carbonyl (C=O) groups excluding carboxylic acids is 1. The first kappa shape index (κ1) is 13.8. The number of rotatable bonds is 4. The molecule has 1 aromatic carbocycles. The Morgan fingerprint density at radius 2 is 1.95 bits per heavy atom. The van der Waals surface area contributed by atoms with E-state index >= 15 is 0 Å². The molecule has 3 aromatic rings. The van der Waals surface area contributed by atoms with Crippen LogP contribution in [-0.4, -0.2) is 26.2 Å². The zero-order valence-electron chi connectivity index (χ0n) is 11.3. The van der Waals surface area contributed by atoms with Crippen LogP contribution in [0.15, 0.2) is 24.3 Å². The van der Waals surface area contributed by atoms with Gasteiger partial charge in [-0.25, -0.2) is 0 Å². The van der Waals surface area contributed by atoms with Crippen LogP contribution in [0, 0.1) is 13.8 Å². The van der Waals surface area contributed by atoms with Gasteiger partial charge in [-0.15, -0.1) is 15.3 Å². The molecule has 0 aliphatic rings. The van der Waals surface area contributed by atoms with Gasteiger partial charge in [0.2, 0.25) is 11.5 Å². The number of hydrogen-bond donors (Lipinski definition) is 0. The van der Waals surface area contributed by atoms with Gasteiger partial charge >= 0.3 is 0 Å². The Morgan fingerprint density at radius 1 is 1.14 bits per heavy atom. The van der Waals surface area contributed by atoms with E-state index in [1.165, 1.54) is 27.8 Å². The number of aryl methyl sites for hydroxylation is 2. The standard InChI is InChI=1S/C13H11N5OS2/c1-8-5-3-4-6-10(8)18(7-19)13-16-15-12(20-13)11-9(2)14-17-21-11/h3-7H,1-2H3. The smallest absolute Gasteiger partial charge is 0.220 e. The van der Waals surface area contributed by atoms with E-state index in [0.29, 0.717) is 5.13 Å². The second-order valence-corrected chi connectivity index (χ2v) is 6.05. The highest BCUT2D eigenvalue weighted by molar-refractivity contribution is 7.22. The molecule has 3 rings (SSSR count). The molecule has 0 unspecified atom stereocenters. The van der Waals surface area contributed by atoms with Crippen LogP contribution in [0.25, 0.3) is 9.88 Å². The minimum absolute atomic E-state index is 0.530. The summed E-state index contributed by atoms with van der Waals surface area (Å²) < 4.78 is 3.89. The van der Waals surface area contributed by atoms with Crippen LogP contribution in [0.4, 0.5) is 10.8 Å². The summed E-state index contributed by atoms with van der Waals surface area (Å²) in [4.78, 5) is 13.8. The van der Waals surface area contributed by atoms with Crippen LogP contribution in [0.5, 0.6) is 0 Å². The fourth-order valence-corrected chi connectivity index (χ4v) is 3.46. The van der Waals surface area contributed by atoms with Gasteiger partial charge in [0.1, 0.15) is 4.88 Å². The zero-order valence-corrected chi connectivity index (χ0v) is 13.0. The molecule has 0 radical (unpaired) electrons. The Hall–Kier alpha value is -2.19. The molecule has 0 saturated heterocycles. The third-order valence-electron chi connectivity index (χ3n) is 2.95. The normalized spacial score (nSPS) is 10.6. The summed E-state index contributed by atoms with van der Waals surface area (Å²) in [6.07, 6.45) is 0.754. The lowest BCUT2D eigenvalue weighted by atomic mass is 10.2. The number of aromatic nitrogens is 4. The fraction of sp³-hybridized carbons (Fsp3) is 0.154. The molecule has 0 fully saturated rings. The first-order valence-corrected chi connectivity index (χ1v) is 7.72. The number of amides is 1. The molecule has 0 saturated carbocycles. The highest BCUT2D eigenvalue weighted by atomic mass is 32.1. The van der Waals surface area contributed by atoms with E-state index in [9.17, 15) is 4.79 Å². The van der Waals surface area contributed by atoms with E-state index in [-0.39, 0.29) is 0 Å². The molecule has 0 aliphatic heterocycles. The van der Waals surface area contributed by atoms with Crippen molar-refractivity contribution >= 4 is 40.1 Å². The average Bonchev–Trinajstić information content (AvgIpc) is 3.10. The summed E-state index contributed by atoms with van der Waals surface area (Å²) in [6, 6.07) is 7.65. The summed E-state index contributed by atoms with van der Waals surface area (Å²) in [6.45, 7) is 3.82. The molecule has 2 aromatic heterocycles. The van der Waals surface area contributed by atoms with Gasteiger partial charge in [0, 0.05) is 0 Å². The number of benzene rings is 1. The van der Waals surface area contributed by atoms with Crippen LogP contribution in [-0.2, 0) is 4.79 Å². The number of hydrogen-bond acceptors (Lipinski definition) is 7. The maximum Gasteiger partial charge on any atom is 0.220 e. The van der Waals surface area contributed by atoms with Crippen LogP contribution in [0.2, 0.25) is 0 Å². The number of carbonyl (C=O) groups is 1. The highest BCUT2D eigenvalue weighted by Crippen LogP contribution is 2.35. The molecule has 0 spiro atoms. The lowest BCUT2D eigenvalue weighted by molar-refractivity contribution is -0.106. The predicted molar refractivity (Wildman–Crippen MR) is 82.9 cm³/mol. The lowest BCUT2D eigenvalue weighted by Crippen LogP contribution is -2.14. The summed E-state index contributed by atoms with van der Waals surface area (Å²) >= 11 is 2.62. The van der Waals surface area contributed by atoms with Gasteiger partial charge in [0.25, 0.3) is 0 Å². The molecule has 1 amide bonds. The zero-order chi connectivity index (χ0) is 14.8. The minimum Gasteiger partial charge on any atom is -0.278 e. The van der Waals surface area contributed by atoms with Crippen LogP contribution >= 0.6 is 22.9 Å². The number of nitrogens with zero attached hydrogens (tertiary/aromatic N) is 5. The average molecular weight is 317 g/mol. The molecule has 2 heterocycles. The summed E-state index contributed by atoms with van der Waals surface area (Å²) in [5.41, 5.74) is 2.61. The monoisotopic (exact) mass is 317 g/mol. The fourth-order valence-electron chi connectivity index (χ4n) is 1.87. The van der Waals surface area contributed by atoms with E-state index in [2.05, 4.69) is 19.8 Å². The second kappa shape index (κ2) is 5.66. The summed E-state index contributed by atoms with van der Waals surface area (Å²) in [7, 11) is 0. The second-order valence-electron chi connectivity index (χ2n) is 4.34. The molecular formula is C13H11N5OS2. The van der Waals surface area contributed by atoms with E-state index < -0.39 is 0 Å². The van der Waals surface area contributed by atoms with Crippen molar-refractivity contribution in [3.63, 3.8) is 0 Å². The van der Waals surface area contributed by atoms with E-state index in [0.717, 1.165) is 33.2 Å². The van der Waals surface area contributed by atoms with E-state index in [1.54, 1.807) is 0 Å². The SMILES string of the molecule is Cc1ccccc1N(C=O)c1nnc(-c2snnc2C)s1. The van der Waals surface area contributed by atoms with Crippen molar-refractivity contribution in [3.05, 3.63) is 35.5 Å². The third-order valence-corrected chi connectivity index (χ3v) is 4.85. The quantitative estimate of drug-likeness (QED) is 0.692. The van der Waals surface area contributed by atoms with Crippen molar-refractivity contribution in [3.8, 4) is 9.88 Å². The third kappa shape index (κ3) is 2.55. The molecular weight excluding hydrogens is 306 g/mol. The van der Waals surface area contributed by atoms with Gasteiger partial charge in [0.05, 0.1) is 11.4 Å². The summed E-state index contributed by atoms with van der Waals surface area (Å²) in [5, 5.41) is 13.5. The molecule has 8 heteroatoms. The molecule has 0 N–H and O–H groups in total. The van der Waals surface area contributed by atoms with Gasteiger partial charge in [-0.3, -0.25) is 9.69 Å². The van der Waals surface area contributed by atoms with Crippen LogP contribution in [0.1, 0.15) is 11.3 Å². The van der Waals surface area contributed by atoms with Crippen molar-refractivity contribution in [1.82, 2.24) is 19.8 Å². The first-order valence-electron chi connectivity index (χ1n) is 6.13. The van der Waals surface area contributed by atoms with Gasteiger partial charge in [-0.05, 0) is 37.0 Å². The minimum atomic E-state index is 0.530. The van der Waals surface area contributed by atoms with E-state index in [1.807, 2.05) is 38.1 Å². The Labute approximate surface area is 129 Å². The van der Waals surface area contributed by atoms with Crippen molar-refractivity contribution in [2.75, 3.05) is 4.90 Å². The lowest BCUT2D eigenvalue weighted by Gasteiger charge is -2.15. The Kier molecular flexibility index (Phi) is 3.72. The summed E-state index contributed by atoms with van der Waals surface area (Å²) in [5.74, 6) is 0. The molecule has 0 aliphatic carbocycles. The maximum atomic E-state index is 11.5. The number of anilines is 2. The molecule has 0 bridgehead atoms. The molecule has 21 heavy (non-hydrogen) atoms. The van der Waals surface area contributed by atoms with Gasteiger partial charge in [-0.2, -0.15) is 0 Å². The molecule has 0 atom stereocenters. The molecule has 106 valence electrons. The van der Waals surface area contributed by atoms with Gasteiger partial charge in [-0.1, -0.05) is 34.0 Å². The Bertz CT molecular complexity index is 782. The van der Waals surface area contributed by atoms with Crippen LogP contribution < -0.4 is 4.90 Å². The Morgan fingerprint density at radius 3 is 2.62 bits per heavy atom. The predicted octanol–water partition coefficient (Wildman–Crippen LogP) is 2.97.